The van der Waals surface area contributed by atoms with Gasteiger partial charge in [-0.05, 0) is 49.8 Å². The maximum absolute atomic E-state index is 12.8. The number of para-hydroxylation sites is 1. The largest absolute Gasteiger partial charge is 0.352 e. The molecule has 5 rings (SSSR count). The number of likely N-dealkylation sites (tertiary alicyclic amines) is 1. The Kier molecular flexibility index (Phi) is 5.64. The second-order valence-corrected chi connectivity index (χ2v) is 9.53. The molecule has 3 aliphatic rings. The van der Waals surface area contributed by atoms with Gasteiger partial charge < -0.3 is 20.4 Å². The van der Waals surface area contributed by atoms with Gasteiger partial charge in [-0.25, -0.2) is 0 Å². The molecule has 2 amide bonds. The molecule has 6 nitrogen and oxygen atoms in total. The van der Waals surface area contributed by atoms with Crippen LogP contribution in [0.15, 0.2) is 60.7 Å². The van der Waals surface area contributed by atoms with Crippen molar-refractivity contribution in [2.45, 2.75) is 43.7 Å². The summed E-state index contributed by atoms with van der Waals surface area (Å²) >= 11 is 0. The van der Waals surface area contributed by atoms with Crippen LogP contribution < -0.4 is 15.5 Å². The average molecular weight is 433 g/mol. The van der Waals surface area contributed by atoms with Crippen molar-refractivity contribution in [2.24, 2.45) is 5.92 Å². The van der Waals surface area contributed by atoms with Crippen molar-refractivity contribution < 1.29 is 9.59 Å². The number of carbonyl (C=O) groups excluding carboxylic acids is 2. The highest BCUT2D eigenvalue weighted by molar-refractivity contribution is 5.93. The van der Waals surface area contributed by atoms with E-state index in [0.29, 0.717) is 12.6 Å². The van der Waals surface area contributed by atoms with Crippen LogP contribution in [0.2, 0.25) is 0 Å². The summed E-state index contributed by atoms with van der Waals surface area (Å²) in [6.45, 7) is 5.18. The van der Waals surface area contributed by atoms with Gasteiger partial charge in [0.05, 0.1) is 6.67 Å². The van der Waals surface area contributed by atoms with Gasteiger partial charge in [0, 0.05) is 37.3 Å². The minimum atomic E-state index is -0.457. The Balaban J connectivity index is 1.13. The third kappa shape index (κ3) is 3.99. The lowest BCUT2D eigenvalue weighted by Crippen LogP contribution is -2.57. The first-order valence-electron chi connectivity index (χ1n) is 11.8. The molecule has 0 aromatic heterocycles. The predicted molar refractivity (Wildman–Crippen MR) is 125 cm³/mol. The van der Waals surface area contributed by atoms with E-state index in [1.807, 2.05) is 36.4 Å². The zero-order valence-corrected chi connectivity index (χ0v) is 18.7. The Bertz CT molecular complexity index is 956. The van der Waals surface area contributed by atoms with E-state index in [2.05, 4.69) is 51.6 Å². The van der Waals surface area contributed by atoms with E-state index in [4.69, 9.17) is 0 Å². The fourth-order valence-corrected chi connectivity index (χ4v) is 5.47. The average Bonchev–Trinajstić information content (AvgIpc) is 3.57. The molecule has 2 N–H and O–H groups in total. The van der Waals surface area contributed by atoms with Gasteiger partial charge in [-0.3, -0.25) is 9.59 Å². The van der Waals surface area contributed by atoms with Gasteiger partial charge in [0.25, 0.3) is 0 Å². The molecule has 3 atom stereocenters. The molecule has 2 aliphatic heterocycles. The highest BCUT2D eigenvalue weighted by Crippen LogP contribution is 2.47. The first-order chi connectivity index (χ1) is 15.6. The highest BCUT2D eigenvalue weighted by atomic mass is 16.2. The summed E-state index contributed by atoms with van der Waals surface area (Å²) in [6, 6.07) is 20.6. The predicted octanol–water partition coefficient (Wildman–Crippen LogP) is 2.72. The Hall–Kier alpha value is -2.86. The van der Waals surface area contributed by atoms with Crippen LogP contribution in [0.3, 0.4) is 0 Å². The maximum atomic E-state index is 12.8. The first kappa shape index (κ1) is 21.0. The first-order valence-corrected chi connectivity index (χ1v) is 11.8. The molecule has 1 spiro atoms. The van der Waals surface area contributed by atoms with Crippen molar-refractivity contribution in [2.75, 3.05) is 31.2 Å². The lowest BCUT2D eigenvalue weighted by atomic mass is 9.85. The molecular formula is C26H32N4O2. The third-order valence-electron chi connectivity index (χ3n) is 7.36. The van der Waals surface area contributed by atoms with E-state index in [1.54, 1.807) is 0 Å². The van der Waals surface area contributed by atoms with Gasteiger partial charge in [0.2, 0.25) is 11.8 Å². The normalized spacial score (nSPS) is 25.4. The topological polar surface area (TPSA) is 64.7 Å². The van der Waals surface area contributed by atoms with E-state index in [-0.39, 0.29) is 23.8 Å². The molecular weight excluding hydrogens is 400 g/mol. The fraction of sp³-hybridized carbons (Fsp3) is 0.462. The Morgan fingerprint density at radius 3 is 2.44 bits per heavy atom. The molecule has 6 heteroatoms. The van der Waals surface area contributed by atoms with Crippen molar-refractivity contribution in [3.63, 3.8) is 0 Å². The van der Waals surface area contributed by atoms with Crippen molar-refractivity contribution in [1.82, 2.24) is 15.5 Å². The summed E-state index contributed by atoms with van der Waals surface area (Å²) < 4.78 is 0. The smallest absolute Gasteiger partial charge is 0.247 e. The standard InChI is InChI=1S/C26H32N4O2/c1-19(28-24(31)23-16-22(23)20-8-4-2-5-9-20)17-29-14-12-26(13-15-29)25(32)27-18-30(26)21-10-6-3-7-11-21/h2-11,19,22-23H,12-18H2,1H3,(H,27,32)(H,28,31). The summed E-state index contributed by atoms with van der Waals surface area (Å²) in [4.78, 5) is 30.1. The molecule has 3 unspecified atom stereocenters. The zero-order valence-electron chi connectivity index (χ0n) is 18.7. The van der Waals surface area contributed by atoms with Crippen molar-refractivity contribution in [3.8, 4) is 0 Å². The van der Waals surface area contributed by atoms with Crippen molar-refractivity contribution in [3.05, 3.63) is 66.2 Å². The van der Waals surface area contributed by atoms with Crippen LogP contribution in [0.1, 0.15) is 37.7 Å². The van der Waals surface area contributed by atoms with E-state index in [9.17, 15) is 9.59 Å². The van der Waals surface area contributed by atoms with E-state index >= 15 is 0 Å². The van der Waals surface area contributed by atoms with Crippen LogP contribution in [-0.4, -0.2) is 54.6 Å². The van der Waals surface area contributed by atoms with Crippen LogP contribution >= 0.6 is 0 Å². The molecule has 0 radical (unpaired) electrons. The lowest BCUT2D eigenvalue weighted by molar-refractivity contribution is -0.125. The van der Waals surface area contributed by atoms with Crippen LogP contribution in [-0.2, 0) is 9.59 Å². The number of anilines is 1. The minimum Gasteiger partial charge on any atom is -0.352 e. The summed E-state index contributed by atoms with van der Waals surface area (Å²) in [5.41, 5.74) is 1.90. The number of hydrogen-bond acceptors (Lipinski definition) is 4. The van der Waals surface area contributed by atoms with Gasteiger partial charge in [-0.15, -0.1) is 0 Å². The molecule has 0 bridgehead atoms. The second kappa shape index (κ2) is 8.58. The van der Waals surface area contributed by atoms with Gasteiger partial charge in [-0.1, -0.05) is 48.5 Å². The van der Waals surface area contributed by atoms with Crippen LogP contribution in [0.5, 0.6) is 0 Å². The number of amides is 2. The van der Waals surface area contributed by atoms with E-state index in [1.165, 1.54) is 5.56 Å². The Labute approximate surface area is 190 Å². The SMILES string of the molecule is CC(CN1CCC2(CC1)C(=O)NCN2c1ccccc1)NC(=O)C1CC1c1ccccc1. The number of nitrogens with zero attached hydrogens (tertiary/aromatic N) is 2. The second-order valence-electron chi connectivity index (χ2n) is 9.53. The minimum absolute atomic E-state index is 0.0937. The molecule has 1 aliphatic carbocycles. The molecule has 32 heavy (non-hydrogen) atoms. The number of hydrogen-bond donors (Lipinski definition) is 2. The van der Waals surface area contributed by atoms with Gasteiger partial charge in [0.1, 0.15) is 5.54 Å². The van der Waals surface area contributed by atoms with Crippen LogP contribution in [0.25, 0.3) is 0 Å². The molecule has 3 fully saturated rings. The molecule has 1 saturated carbocycles. The van der Waals surface area contributed by atoms with Crippen LogP contribution in [0, 0.1) is 5.92 Å². The molecule has 2 heterocycles. The molecule has 2 aromatic rings. The maximum Gasteiger partial charge on any atom is 0.247 e. The van der Waals surface area contributed by atoms with Crippen LogP contribution in [0.4, 0.5) is 5.69 Å². The van der Waals surface area contributed by atoms with E-state index in [0.717, 1.165) is 44.6 Å². The number of carbonyl (C=O) groups is 2. The molecule has 2 aromatic carbocycles. The van der Waals surface area contributed by atoms with Gasteiger partial charge in [-0.2, -0.15) is 0 Å². The number of piperidine rings is 1. The van der Waals surface area contributed by atoms with Gasteiger partial charge >= 0.3 is 0 Å². The monoisotopic (exact) mass is 432 g/mol. The van der Waals surface area contributed by atoms with E-state index < -0.39 is 5.54 Å². The number of nitrogens with one attached hydrogen (secondary N) is 2. The number of rotatable bonds is 6. The number of benzene rings is 2. The highest BCUT2D eigenvalue weighted by Gasteiger charge is 2.50. The van der Waals surface area contributed by atoms with Crippen molar-refractivity contribution >= 4 is 17.5 Å². The Morgan fingerprint density at radius 1 is 1.09 bits per heavy atom. The molecule has 2 saturated heterocycles. The zero-order chi connectivity index (χ0) is 22.1. The van der Waals surface area contributed by atoms with Gasteiger partial charge in [0.15, 0.2) is 0 Å². The van der Waals surface area contributed by atoms with Crippen molar-refractivity contribution in [1.29, 1.82) is 0 Å². The third-order valence-corrected chi connectivity index (χ3v) is 7.36. The summed E-state index contributed by atoms with van der Waals surface area (Å²) in [7, 11) is 0. The Morgan fingerprint density at radius 2 is 1.75 bits per heavy atom. The summed E-state index contributed by atoms with van der Waals surface area (Å²) in [5.74, 6) is 0.780. The summed E-state index contributed by atoms with van der Waals surface area (Å²) in [6.07, 6.45) is 2.54. The molecule has 168 valence electrons. The fourth-order valence-electron chi connectivity index (χ4n) is 5.47. The lowest BCUT2D eigenvalue weighted by Gasteiger charge is -2.43. The quantitative estimate of drug-likeness (QED) is 0.737. The summed E-state index contributed by atoms with van der Waals surface area (Å²) in [5, 5.41) is 6.28.